The van der Waals surface area contributed by atoms with Crippen LogP contribution < -0.4 is 0 Å². The van der Waals surface area contributed by atoms with Crippen LogP contribution in [0.1, 0.15) is 30.5 Å². The number of benzene rings is 1. The van der Waals surface area contributed by atoms with E-state index in [1.54, 1.807) is 10.9 Å². The molecule has 0 aliphatic rings. The second-order valence-corrected chi connectivity index (χ2v) is 5.02. The Bertz CT molecular complexity index is 512. The van der Waals surface area contributed by atoms with Crippen molar-refractivity contribution < 1.29 is 5.11 Å². The maximum absolute atomic E-state index is 10.6. The van der Waals surface area contributed by atoms with E-state index >= 15 is 0 Å². The zero-order chi connectivity index (χ0) is 13.2. The molecule has 0 fully saturated rings. The van der Waals surface area contributed by atoms with E-state index < -0.39 is 5.60 Å². The summed E-state index contributed by atoms with van der Waals surface area (Å²) >= 11 is 0. The third kappa shape index (κ3) is 2.79. The molecular weight excluding hydrogens is 224 g/mol. The van der Waals surface area contributed by atoms with E-state index in [1.807, 2.05) is 32.3 Å². The zero-order valence-electron chi connectivity index (χ0n) is 11.2. The zero-order valence-corrected chi connectivity index (χ0v) is 11.2. The predicted molar refractivity (Wildman–Crippen MR) is 72.3 cm³/mol. The van der Waals surface area contributed by atoms with Crippen LogP contribution in [0.5, 0.6) is 0 Å². The topological polar surface area (TPSA) is 38.1 Å². The molecule has 0 aliphatic carbocycles. The van der Waals surface area contributed by atoms with Gasteiger partial charge in [-0.15, -0.1) is 0 Å². The predicted octanol–water partition coefficient (Wildman–Crippen LogP) is 2.43. The summed E-state index contributed by atoms with van der Waals surface area (Å²) in [5, 5.41) is 14.7. The first-order valence-corrected chi connectivity index (χ1v) is 6.30. The molecule has 0 saturated carbocycles. The van der Waals surface area contributed by atoms with Crippen LogP contribution in [0.4, 0.5) is 0 Å². The third-order valence-electron chi connectivity index (χ3n) is 3.29. The number of hydrogen-bond donors (Lipinski definition) is 1. The number of aliphatic hydroxyl groups is 1. The molecule has 2 aromatic rings. The number of hydrogen-bond acceptors (Lipinski definition) is 2. The lowest BCUT2D eigenvalue weighted by atomic mass is 9.89. The SMILES string of the molecule is CCc1ccc(C(C)(O)Cc2cnn(C)c2)cc1. The molecule has 0 spiro atoms. The molecule has 0 saturated heterocycles. The van der Waals surface area contributed by atoms with Gasteiger partial charge in [-0.1, -0.05) is 31.2 Å². The minimum Gasteiger partial charge on any atom is -0.385 e. The maximum Gasteiger partial charge on any atom is 0.0909 e. The van der Waals surface area contributed by atoms with Crippen molar-refractivity contribution in [3.63, 3.8) is 0 Å². The Morgan fingerprint density at radius 3 is 2.39 bits per heavy atom. The lowest BCUT2D eigenvalue weighted by molar-refractivity contribution is 0.0576. The second kappa shape index (κ2) is 4.94. The van der Waals surface area contributed by atoms with E-state index in [4.69, 9.17) is 0 Å². The fraction of sp³-hybridized carbons (Fsp3) is 0.400. The van der Waals surface area contributed by atoms with Crippen molar-refractivity contribution >= 4 is 0 Å². The van der Waals surface area contributed by atoms with Gasteiger partial charge in [0.15, 0.2) is 0 Å². The van der Waals surface area contributed by atoms with Crippen LogP contribution >= 0.6 is 0 Å². The summed E-state index contributed by atoms with van der Waals surface area (Å²) in [6, 6.07) is 8.17. The molecule has 1 unspecified atom stereocenters. The average molecular weight is 244 g/mol. The van der Waals surface area contributed by atoms with Crippen molar-refractivity contribution in [2.24, 2.45) is 7.05 Å². The van der Waals surface area contributed by atoms with Crippen molar-refractivity contribution in [2.75, 3.05) is 0 Å². The Morgan fingerprint density at radius 2 is 1.89 bits per heavy atom. The summed E-state index contributed by atoms with van der Waals surface area (Å²) in [5.41, 5.74) is 2.43. The number of nitrogens with zero attached hydrogens (tertiary/aromatic N) is 2. The molecule has 18 heavy (non-hydrogen) atoms. The van der Waals surface area contributed by atoms with Gasteiger partial charge in [0.2, 0.25) is 0 Å². The van der Waals surface area contributed by atoms with Gasteiger partial charge in [-0.25, -0.2) is 0 Å². The van der Waals surface area contributed by atoms with Crippen molar-refractivity contribution in [1.82, 2.24) is 9.78 Å². The minimum absolute atomic E-state index is 0.576. The standard InChI is InChI=1S/C15H20N2O/c1-4-12-5-7-14(8-6-12)15(2,18)9-13-10-16-17(3)11-13/h5-8,10-11,18H,4,9H2,1-3H3. The third-order valence-corrected chi connectivity index (χ3v) is 3.29. The lowest BCUT2D eigenvalue weighted by Gasteiger charge is -2.23. The Labute approximate surface area is 108 Å². The summed E-state index contributed by atoms with van der Waals surface area (Å²) in [5.74, 6) is 0. The van der Waals surface area contributed by atoms with Gasteiger partial charge in [-0.05, 0) is 30.0 Å². The average Bonchev–Trinajstić information content (AvgIpc) is 2.74. The molecule has 2 rings (SSSR count). The highest BCUT2D eigenvalue weighted by molar-refractivity contribution is 5.28. The summed E-state index contributed by atoms with van der Waals surface area (Å²) in [6.45, 7) is 3.98. The summed E-state index contributed by atoms with van der Waals surface area (Å²) in [4.78, 5) is 0. The summed E-state index contributed by atoms with van der Waals surface area (Å²) < 4.78 is 1.76. The molecule has 0 amide bonds. The first-order valence-electron chi connectivity index (χ1n) is 6.30. The van der Waals surface area contributed by atoms with Crippen LogP contribution in [0.3, 0.4) is 0 Å². The Hall–Kier alpha value is -1.61. The number of rotatable bonds is 4. The molecular formula is C15H20N2O. The molecule has 1 atom stereocenters. The fourth-order valence-corrected chi connectivity index (χ4v) is 2.16. The van der Waals surface area contributed by atoms with Crippen LogP contribution in [0.25, 0.3) is 0 Å². The van der Waals surface area contributed by atoms with Crippen LogP contribution in [0.15, 0.2) is 36.7 Å². The van der Waals surface area contributed by atoms with E-state index in [2.05, 4.69) is 24.2 Å². The van der Waals surface area contributed by atoms with Crippen molar-refractivity contribution in [2.45, 2.75) is 32.3 Å². The van der Waals surface area contributed by atoms with Gasteiger partial charge in [0.1, 0.15) is 0 Å². The first kappa shape index (κ1) is 12.8. The normalized spacial score (nSPS) is 14.4. The van der Waals surface area contributed by atoms with E-state index in [9.17, 15) is 5.11 Å². The van der Waals surface area contributed by atoms with Gasteiger partial charge in [-0.2, -0.15) is 5.10 Å². The highest BCUT2D eigenvalue weighted by atomic mass is 16.3. The molecule has 1 N–H and O–H groups in total. The van der Waals surface area contributed by atoms with E-state index in [-0.39, 0.29) is 0 Å². The van der Waals surface area contributed by atoms with Crippen molar-refractivity contribution in [3.8, 4) is 0 Å². The van der Waals surface area contributed by atoms with Gasteiger partial charge >= 0.3 is 0 Å². The smallest absolute Gasteiger partial charge is 0.0909 e. The molecule has 0 radical (unpaired) electrons. The Kier molecular flexibility index (Phi) is 3.53. The van der Waals surface area contributed by atoms with Crippen LogP contribution in [0.2, 0.25) is 0 Å². The molecule has 1 aromatic heterocycles. The largest absolute Gasteiger partial charge is 0.385 e. The maximum atomic E-state index is 10.6. The number of aryl methyl sites for hydroxylation is 2. The highest BCUT2D eigenvalue weighted by Crippen LogP contribution is 2.25. The highest BCUT2D eigenvalue weighted by Gasteiger charge is 2.23. The monoisotopic (exact) mass is 244 g/mol. The molecule has 1 heterocycles. The minimum atomic E-state index is -0.852. The van der Waals surface area contributed by atoms with Crippen molar-refractivity contribution in [1.29, 1.82) is 0 Å². The van der Waals surface area contributed by atoms with Gasteiger partial charge in [0.05, 0.1) is 11.8 Å². The van der Waals surface area contributed by atoms with Gasteiger partial charge in [-0.3, -0.25) is 4.68 Å². The lowest BCUT2D eigenvalue weighted by Crippen LogP contribution is -2.24. The van der Waals surface area contributed by atoms with E-state index in [0.29, 0.717) is 6.42 Å². The van der Waals surface area contributed by atoms with E-state index in [0.717, 1.165) is 17.5 Å². The Morgan fingerprint density at radius 1 is 1.22 bits per heavy atom. The molecule has 1 aromatic carbocycles. The van der Waals surface area contributed by atoms with Gasteiger partial charge in [0, 0.05) is 19.7 Å². The Balaban J connectivity index is 2.18. The number of aromatic nitrogens is 2. The molecule has 96 valence electrons. The molecule has 0 aliphatic heterocycles. The summed E-state index contributed by atoms with van der Waals surface area (Å²) in [7, 11) is 1.88. The van der Waals surface area contributed by atoms with Crippen LogP contribution in [-0.2, 0) is 25.5 Å². The van der Waals surface area contributed by atoms with Crippen LogP contribution in [0, 0.1) is 0 Å². The first-order chi connectivity index (χ1) is 8.51. The molecule has 0 bridgehead atoms. The molecule has 3 nitrogen and oxygen atoms in total. The van der Waals surface area contributed by atoms with Crippen LogP contribution in [-0.4, -0.2) is 14.9 Å². The van der Waals surface area contributed by atoms with E-state index in [1.165, 1.54) is 5.56 Å². The molecule has 3 heteroatoms. The second-order valence-electron chi connectivity index (χ2n) is 5.02. The fourth-order valence-electron chi connectivity index (χ4n) is 2.16. The van der Waals surface area contributed by atoms with Crippen molar-refractivity contribution in [3.05, 3.63) is 53.3 Å². The van der Waals surface area contributed by atoms with Gasteiger partial charge < -0.3 is 5.11 Å². The van der Waals surface area contributed by atoms with Gasteiger partial charge in [0.25, 0.3) is 0 Å². The summed E-state index contributed by atoms with van der Waals surface area (Å²) in [6.07, 6.45) is 5.33. The quantitative estimate of drug-likeness (QED) is 0.897.